The van der Waals surface area contributed by atoms with E-state index in [-0.39, 0.29) is 12.0 Å². The molecule has 2 N–H and O–H groups in total. The van der Waals surface area contributed by atoms with Crippen molar-refractivity contribution in [1.29, 1.82) is 0 Å². The number of nitrogens with two attached hydrogens (primary N) is 1. The van der Waals surface area contributed by atoms with Gasteiger partial charge in [0.05, 0.1) is 0 Å². The topological polar surface area (TPSA) is 46.3 Å². The second-order valence-corrected chi connectivity index (χ2v) is 5.74. The SMILES string of the molecule is CC1CN(C(=O)C2CC2c2ccccc2)CC1N. The molecule has 96 valence electrons. The summed E-state index contributed by atoms with van der Waals surface area (Å²) in [6, 6.07) is 10.5. The molecule has 1 aromatic carbocycles. The Kier molecular flexibility index (Phi) is 2.86. The number of nitrogens with zero attached hydrogens (tertiary/aromatic N) is 1. The Morgan fingerprint density at radius 2 is 2.00 bits per heavy atom. The fourth-order valence-corrected chi connectivity index (χ4v) is 2.94. The summed E-state index contributed by atoms with van der Waals surface area (Å²) in [6.07, 6.45) is 1.00. The number of amides is 1. The van der Waals surface area contributed by atoms with Crippen LogP contribution in [0, 0.1) is 11.8 Å². The van der Waals surface area contributed by atoms with Crippen LogP contribution in [0.3, 0.4) is 0 Å². The molecule has 0 spiro atoms. The minimum Gasteiger partial charge on any atom is -0.341 e. The summed E-state index contributed by atoms with van der Waals surface area (Å²) in [7, 11) is 0. The lowest BCUT2D eigenvalue weighted by Crippen LogP contribution is -2.33. The van der Waals surface area contributed by atoms with Crippen LogP contribution in [0.4, 0.5) is 0 Å². The molecule has 2 aliphatic rings. The number of hydrogen-bond acceptors (Lipinski definition) is 2. The van der Waals surface area contributed by atoms with E-state index in [9.17, 15) is 4.79 Å². The van der Waals surface area contributed by atoms with Crippen LogP contribution in [0.25, 0.3) is 0 Å². The Labute approximate surface area is 108 Å². The summed E-state index contributed by atoms with van der Waals surface area (Å²) in [5.74, 6) is 1.38. The summed E-state index contributed by atoms with van der Waals surface area (Å²) in [5.41, 5.74) is 7.28. The molecule has 18 heavy (non-hydrogen) atoms. The molecule has 0 aromatic heterocycles. The minimum absolute atomic E-state index is 0.155. The van der Waals surface area contributed by atoms with E-state index >= 15 is 0 Å². The summed E-state index contributed by atoms with van der Waals surface area (Å²) >= 11 is 0. The molecule has 4 atom stereocenters. The first kappa shape index (κ1) is 11.7. The highest BCUT2D eigenvalue weighted by molar-refractivity contribution is 5.83. The van der Waals surface area contributed by atoms with Gasteiger partial charge >= 0.3 is 0 Å². The zero-order valence-corrected chi connectivity index (χ0v) is 10.8. The van der Waals surface area contributed by atoms with Crippen molar-refractivity contribution < 1.29 is 4.79 Å². The minimum atomic E-state index is 0.155. The van der Waals surface area contributed by atoms with Crippen molar-refractivity contribution in [3.05, 3.63) is 35.9 Å². The Morgan fingerprint density at radius 3 is 2.61 bits per heavy atom. The van der Waals surface area contributed by atoms with Gasteiger partial charge in [-0.15, -0.1) is 0 Å². The van der Waals surface area contributed by atoms with Crippen LogP contribution < -0.4 is 5.73 Å². The highest BCUT2D eigenvalue weighted by Crippen LogP contribution is 2.48. The fraction of sp³-hybridized carbons (Fsp3) is 0.533. The van der Waals surface area contributed by atoms with E-state index in [1.54, 1.807) is 0 Å². The molecule has 1 saturated carbocycles. The molecule has 1 heterocycles. The van der Waals surface area contributed by atoms with Gasteiger partial charge in [0.1, 0.15) is 0 Å². The lowest BCUT2D eigenvalue weighted by Gasteiger charge is -2.15. The van der Waals surface area contributed by atoms with Crippen LogP contribution in [0.2, 0.25) is 0 Å². The van der Waals surface area contributed by atoms with Gasteiger partial charge < -0.3 is 10.6 Å². The molecule has 0 radical (unpaired) electrons. The number of likely N-dealkylation sites (tertiary alicyclic amines) is 1. The first-order valence-electron chi connectivity index (χ1n) is 6.76. The number of carbonyl (C=O) groups excluding carboxylic acids is 1. The average Bonchev–Trinajstić information content (AvgIpc) is 3.11. The molecule has 1 saturated heterocycles. The predicted molar refractivity (Wildman–Crippen MR) is 71.0 cm³/mol. The molecule has 4 unspecified atom stereocenters. The second kappa shape index (κ2) is 4.39. The van der Waals surface area contributed by atoms with Crippen molar-refractivity contribution in [2.24, 2.45) is 17.6 Å². The van der Waals surface area contributed by atoms with E-state index in [0.717, 1.165) is 19.5 Å². The van der Waals surface area contributed by atoms with E-state index in [1.165, 1.54) is 5.56 Å². The van der Waals surface area contributed by atoms with Crippen LogP contribution in [0.1, 0.15) is 24.8 Å². The maximum Gasteiger partial charge on any atom is 0.226 e. The third kappa shape index (κ3) is 2.03. The van der Waals surface area contributed by atoms with Gasteiger partial charge in [-0.1, -0.05) is 37.3 Å². The van der Waals surface area contributed by atoms with Gasteiger partial charge in [-0.3, -0.25) is 4.79 Å². The van der Waals surface area contributed by atoms with Crippen LogP contribution in [0.15, 0.2) is 30.3 Å². The second-order valence-electron chi connectivity index (χ2n) is 5.74. The molecule has 1 amide bonds. The first-order chi connectivity index (χ1) is 8.66. The summed E-state index contributed by atoms with van der Waals surface area (Å²) in [4.78, 5) is 14.3. The van der Waals surface area contributed by atoms with E-state index < -0.39 is 0 Å². The first-order valence-corrected chi connectivity index (χ1v) is 6.76. The molecule has 3 nitrogen and oxygen atoms in total. The normalized spacial score (nSPS) is 34.7. The molecule has 3 rings (SSSR count). The number of carbonyl (C=O) groups is 1. The summed E-state index contributed by atoms with van der Waals surface area (Å²) in [5, 5.41) is 0. The van der Waals surface area contributed by atoms with E-state index in [1.807, 2.05) is 23.1 Å². The smallest absolute Gasteiger partial charge is 0.226 e. The van der Waals surface area contributed by atoms with E-state index in [2.05, 4.69) is 19.1 Å². The monoisotopic (exact) mass is 244 g/mol. The maximum absolute atomic E-state index is 12.4. The van der Waals surface area contributed by atoms with Crippen LogP contribution in [0.5, 0.6) is 0 Å². The molecule has 1 aliphatic carbocycles. The van der Waals surface area contributed by atoms with Gasteiger partial charge in [-0.2, -0.15) is 0 Å². The Balaban J connectivity index is 1.63. The largest absolute Gasteiger partial charge is 0.341 e. The molecular weight excluding hydrogens is 224 g/mol. The fourth-order valence-electron chi connectivity index (χ4n) is 2.94. The van der Waals surface area contributed by atoms with Gasteiger partial charge in [-0.25, -0.2) is 0 Å². The lowest BCUT2D eigenvalue weighted by atomic mass is 10.1. The van der Waals surface area contributed by atoms with E-state index in [4.69, 9.17) is 5.73 Å². The zero-order chi connectivity index (χ0) is 12.7. The highest BCUT2D eigenvalue weighted by Gasteiger charge is 2.47. The van der Waals surface area contributed by atoms with Crippen LogP contribution >= 0.6 is 0 Å². The van der Waals surface area contributed by atoms with Crippen molar-refractivity contribution in [1.82, 2.24) is 4.90 Å². The third-order valence-corrected chi connectivity index (χ3v) is 4.32. The summed E-state index contributed by atoms with van der Waals surface area (Å²) in [6.45, 7) is 3.69. The molecular formula is C15H20N2O. The van der Waals surface area contributed by atoms with Gasteiger partial charge in [0.2, 0.25) is 5.91 Å². The van der Waals surface area contributed by atoms with Crippen molar-refractivity contribution in [2.75, 3.05) is 13.1 Å². The molecule has 0 bridgehead atoms. The standard InChI is InChI=1S/C15H20N2O/c1-10-8-17(9-14(10)16)15(18)13-7-12(13)11-5-3-2-4-6-11/h2-6,10,12-14H,7-9,16H2,1H3. The number of hydrogen-bond donors (Lipinski definition) is 1. The van der Waals surface area contributed by atoms with Crippen LogP contribution in [-0.4, -0.2) is 29.9 Å². The van der Waals surface area contributed by atoms with Crippen molar-refractivity contribution in [3.8, 4) is 0 Å². The van der Waals surface area contributed by atoms with E-state index in [0.29, 0.717) is 17.7 Å². The lowest BCUT2D eigenvalue weighted by molar-refractivity contribution is -0.131. The van der Waals surface area contributed by atoms with Gasteiger partial charge in [0.15, 0.2) is 0 Å². The van der Waals surface area contributed by atoms with Gasteiger partial charge in [0.25, 0.3) is 0 Å². The van der Waals surface area contributed by atoms with Crippen LogP contribution in [-0.2, 0) is 4.79 Å². The Bertz CT molecular complexity index is 435. The number of rotatable bonds is 2. The molecule has 3 heteroatoms. The van der Waals surface area contributed by atoms with Crippen molar-refractivity contribution in [3.63, 3.8) is 0 Å². The van der Waals surface area contributed by atoms with Gasteiger partial charge in [-0.05, 0) is 23.8 Å². The highest BCUT2D eigenvalue weighted by atomic mass is 16.2. The average molecular weight is 244 g/mol. The third-order valence-electron chi connectivity index (χ3n) is 4.32. The molecule has 1 aliphatic heterocycles. The Hall–Kier alpha value is -1.35. The predicted octanol–water partition coefficient (Wildman–Crippen LogP) is 1.60. The Morgan fingerprint density at radius 1 is 1.28 bits per heavy atom. The molecule has 1 aromatic rings. The maximum atomic E-state index is 12.4. The van der Waals surface area contributed by atoms with Gasteiger partial charge in [0, 0.05) is 25.0 Å². The zero-order valence-electron chi connectivity index (χ0n) is 10.8. The molecule has 2 fully saturated rings. The quantitative estimate of drug-likeness (QED) is 0.859. The van der Waals surface area contributed by atoms with Crippen molar-refractivity contribution in [2.45, 2.75) is 25.3 Å². The number of benzene rings is 1. The van der Waals surface area contributed by atoms with Crippen molar-refractivity contribution >= 4 is 5.91 Å². The summed E-state index contributed by atoms with van der Waals surface area (Å²) < 4.78 is 0.